The summed E-state index contributed by atoms with van der Waals surface area (Å²) in [5.41, 5.74) is 2.23. The van der Waals surface area contributed by atoms with Gasteiger partial charge in [-0.25, -0.2) is 4.39 Å². The first-order valence-electron chi connectivity index (χ1n) is 7.30. The fourth-order valence-corrected chi connectivity index (χ4v) is 2.49. The van der Waals surface area contributed by atoms with E-state index in [1.165, 1.54) is 18.4 Å². The molecule has 116 valence electrons. The monoisotopic (exact) mass is 309 g/mol. The van der Waals surface area contributed by atoms with Gasteiger partial charge in [0, 0.05) is 0 Å². The zero-order valence-electron chi connectivity index (χ0n) is 12.6. The van der Waals surface area contributed by atoms with Crippen molar-refractivity contribution in [1.29, 1.82) is 0 Å². The molecule has 0 aliphatic carbocycles. The van der Waals surface area contributed by atoms with Gasteiger partial charge in [0.1, 0.15) is 11.6 Å². The molecule has 0 spiro atoms. The number of furan rings is 1. The summed E-state index contributed by atoms with van der Waals surface area (Å²) in [6.07, 6.45) is 1.49. The molecule has 0 radical (unpaired) electrons. The van der Waals surface area contributed by atoms with E-state index in [1.54, 1.807) is 25.1 Å². The zero-order valence-corrected chi connectivity index (χ0v) is 12.6. The molecule has 1 aromatic heterocycles. The second-order valence-corrected chi connectivity index (χ2v) is 5.26. The van der Waals surface area contributed by atoms with Crippen LogP contribution in [0.3, 0.4) is 0 Å². The zero-order chi connectivity index (χ0) is 16.2. The Morgan fingerprint density at radius 2 is 1.65 bits per heavy atom. The van der Waals surface area contributed by atoms with E-state index >= 15 is 0 Å². The Hall–Kier alpha value is -2.88. The molecular formula is C19H16FNO2. The third kappa shape index (κ3) is 3.31. The van der Waals surface area contributed by atoms with Crippen molar-refractivity contribution in [2.45, 2.75) is 13.0 Å². The van der Waals surface area contributed by atoms with Gasteiger partial charge in [-0.05, 0) is 36.2 Å². The van der Waals surface area contributed by atoms with Crippen molar-refractivity contribution in [2.75, 3.05) is 0 Å². The van der Waals surface area contributed by atoms with Gasteiger partial charge in [0.15, 0.2) is 0 Å². The maximum Gasteiger partial charge on any atom is 0.255 e. The summed E-state index contributed by atoms with van der Waals surface area (Å²) < 4.78 is 18.4. The lowest BCUT2D eigenvalue weighted by atomic mass is 9.98. The number of amides is 1. The van der Waals surface area contributed by atoms with Crippen molar-refractivity contribution in [3.05, 3.63) is 95.2 Å². The van der Waals surface area contributed by atoms with Crippen LogP contribution < -0.4 is 5.32 Å². The van der Waals surface area contributed by atoms with E-state index in [0.717, 1.165) is 11.1 Å². The average Bonchev–Trinajstić information content (AvgIpc) is 3.00. The van der Waals surface area contributed by atoms with Gasteiger partial charge >= 0.3 is 0 Å². The molecule has 0 fully saturated rings. The lowest BCUT2D eigenvalue weighted by molar-refractivity contribution is 0.0941. The van der Waals surface area contributed by atoms with E-state index in [4.69, 9.17) is 4.42 Å². The highest BCUT2D eigenvalue weighted by Crippen LogP contribution is 2.23. The molecule has 3 rings (SSSR count). The van der Waals surface area contributed by atoms with Gasteiger partial charge in [0.2, 0.25) is 0 Å². The molecule has 1 unspecified atom stereocenters. The number of aryl methyl sites for hydroxylation is 1. The van der Waals surface area contributed by atoms with Crippen LogP contribution in [0.25, 0.3) is 0 Å². The minimum atomic E-state index is -0.362. The van der Waals surface area contributed by atoms with Crippen LogP contribution in [0.2, 0.25) is 0 Å². The number of halogens is 1. The van der Waals surface area contributed by atoms with Crippen LogP contribution in [0, 0.1) is 12.7 Å². The van der Waals surface area contributed by atoms with Crippen molar-refractivity contribution in [2.24, 2.45) is 0 Å². The third-order valence-corrected chi connectivity index (χ3v) is 3.72. The highest BCUT2D eigenvalue weighted by Gasteiger charge is 2.19. The average molecular weight is 309 g/mol. The Balaban J connectivity index is 1.94. The molecule has 4 heteroatoms. The summed E-state index contributed by atoms with van der Waals surface area (Å²) >= 11 is 0. The summed E-state index contributed by atoms with van der Waals surface area (Å²) in [6, 6.07) is 17.0. The summed E-state index contributed by atoms with van der Waals surface area (Å²) in [5, 5.41) is 2.99. The topological polar surface area (TPSA) is 42.2 Å². The molecule has 1 amide bonds. The Morgan fingerprint density at radius 1 is 1.00 bits per heavy atom. The van der Waals surface area contributed by atoms with Gasteiger partial charge in [-0.1, -0.05) is 42.5 Å². The number of hydrogen-bond donors (Lipinski definition) is 1. The van der Waals surface area contributed by atoms with E-state index in [0.29, 0.717) is 11.3 Å². The number of rotatable bonds is 4. The summed E-state index contributed by atoms with van der Waals surface area (Å²) in [6.45, 7) is 1.74. The first-order valence-corrected chi connectivity index (χ1v) is 7.30. The first kappa shape index (κ1) is 15.0. The SMILES string of the molecule is Cc1occc1C(=O)NC(c1ccccc1)c1ccc(F)cc1. The summed E-state index contributed by atoms with van der Waals surface area (Å²) in [4.78, 5) is 12.5. The molecule has 0 saturated carbocycles. The standard InChI is InChI=1S/C19H16FNO2/c1-13-17(11-12-23-13)19(22)21-18(14-5-3-2-4-6-14)15-7-9-16(20)10-8-15/h2-12,18H,1H3,(H,21,22). The van der Waals surface area contributed by atoms with Gasteiger partial charge in [-0.3, -0.25) is 4.79 Å². The van der Waals surface area contributed by atoms with Gasteiger partial charge in [-0.15, -0.1) is 0 Å². The third-order valence-electron chi connectivity index (χ3n) is 3.72. The van der Waals surface area contributed by atoms with Gasteiger partial charge < -0.3 is 9.73 Å². The predicted molar refractivity (Wildman–Crippen MR) is 85.6 cm³/mol. The number of carbonyl (C=O) groups is 1. The van der Waals surface area contributed by atoms with Gasteiger partial charge in [0.25, 0.3) is 5.91 Å². The van der Waals surface area contributed by atoms with Crippen LogP contribution >= 0.6 is 0 Å². The molecule has 1 atom stereocenters. The molecule has 0 bridgehead atoms. The quantitative estimate of drug-likeness (QED) is 0.783. The molecule has 3 nitrogen and oxygen atoms in total. The van der Waals surface area contributed by atoms with E-state index in [1.807, 2.05) is 30.3 Å². The van der Waals surface area contributed by atoms with Crippen molar-refractivity contribution in [3.63, 3.8) is 0 Å². The molecule has 0 aliphatic heterocycles. The number of hydrogen-bond acceptors (Lipinski definition) is 2. The van der Waals surface area contributed by atoms with Crippen molar-refractivity contribution >= 4 is 5.91 Å². The van der Waals surface area contributed by atoms with Crippen LogP contribution in [0.5, 0.6) is 0 Å². The minimum absolute atomic E-state index is 0.227. The van der Waals surface area contributed by atoms with E-state index in [9.17, 15) is 9.18 Å². The lowest BCUT2D eigenvalue weighted by Gasteiger charge is -2.19. The van der Waals surface area contributed by atoms with Crippen LogP contribution in [0.15, 0.2) is 71.3 Å². The van der Waals surface area contributed by atoms with Crippen LogP contribution in [0.1, 0.15) is 33.3 Å². The normalized spacial score (nSPS) is 11.9. The molecule has 1 heterocycles. The highest BCUT2D eigenvalue weighted by atomic mass is 19.1. The smallest absolute Gasteiger partial charge is 0.255 e. The Labute approximate surface area is 133 Å². The Kier molecular flexibility index (Phi) is 4.24. The van der Waals surface area contributed by atoms with Crippen molar-refractivity contribution in [1.82, 2.24) is 5.32 Å². The Morgan fingerprint density at radius 3 is 2.26 bits per heavy atom. The summed E-state index contributed by atoms with van der Waals surface area (Å²) in [5.74, 6) is 0.0282. The molecule has 1 N–H and O–H groups in total. The van der Waals surface area contributed by atoms with Gasteiger partial charge in [-0.2, -0.15) is 0 Å². The number of carbonyl (C=O) groups excluding carboxylic acids is 1. The molecule has 23 heavy (non-hydrogen) atoms. The molecule has 0 aliphatic rings. The number of benzene rings is 2. The first-order chi connectivity index (χ1) is 11.1. The fourth-order valence-electron chi connectivity index (χ4n) is 2.49. The van der Waals surface area contributed by atoms with Crippen LogP contribution in [-0.2, 0) is 0 Å². The maximum atomic E-state index is 13.2. The van der Waals surface area contributed by atoms with Gasteiger partial charge in [0.05, 0.1) is 17.9 Å². The molecule has 3 aromatic rings. The largest absolute Gasteiger partial charge is 0.469 e. The van der Waals surface area contributed by atoms with Crippen LogP contribution in [-0.4, -0.2) is 5.91 Å². The molecule has 0 saturated heterocycles. The number of nitrogens with one attached hydrogen (secondary N) is 1. The lowest BCUT2D eigenvalue weighted by Crippen LogP contribution is -2.29. The summed E-state index contributed by atoms with van der Waals surface area (Å²) in [7, 11) is 0. The molecular weight excluding hydrogens is 293 g/mol. The van der Waals surface area contributed by atoms with Crippen molar-refractivity contribution < 1.29 is 13.6 Å². The van der Waals surface area contributed by atoms with E-state index in [2.05, 4.69) is 5.32 Å². The maximum absolute atomic E-state index is 13.2. The van der Waals surface area contributed by atoms with Crippen LogP contribution in [0.4, 0.5) is 4.39 Å². The van der Waals surface area contributed by atoms with Crippen molar-refractivity contribution in [3.8, 4) is 0 Å². The highest BCUT2D eigenvalue weighted by molar-refractivity contribution is 5.95. The minimum Gasteiger partial charge on any atom is -0.469 e. The predicted octanol–water partition coefficient (Wildman–Crippen LogP) is 4.25. The second-order valence-electron chi connectivity index (χ2n) is 5.26. The van der Waals surface area contributed by atoms with E-state index < -0.39 is 0 Å². The Bertz CT molecular complexity index is 794. The fraction of sp³-hybridized carbons (Fsp3) is 0.105. The van der Waals surface area contributed by atoms with E-state index in [-0.39, 0.29) is 17.8 Å². The molecule has 2 aromatic carbocycles. The second kappa shape index (κ2) is 6.48.